The van der Waals surface area contributed by atoms with Gasteiger partial charge in [-0.05, 0) is 84.6 Å². The summed E-state index contributed by atoms with van der Waals surface area (Å²) in [5.41, 5.74) is 6.12. The van der Waals surface area contributed by atoms with Crippen molar-refractivity contribution in [1.29, 1.82) is 0 Å². The Morgan fingerprint density at radius 1 is 0.452 bits per heavy atom. The van der Waals surface area contributed by atoms with Gasteiger partial charge < -0.3 is 20.1 Å². The van der Waals surface area contributed by atoms with Crippen molar-refractivity contribution in [2.24, 2.45) is 0 Å². The smallest absolute Gasteiger partial charge is 0.211 e. The number of rotatable bonds is 27. The predicted octanol–water partition coefficient (Wildman–Crippen LogP) is 9.61. The van der Waals surface area contributed by atoms with Crippen molar-refractivity contribution in [2.75, 3.05) is 36.8 Å². The van der Waals surface area contributed by atoms with Crippen LogP contribution in [0.15, 0.2) is 158 Å². The van der Waals surface area contributed by atoms with E-state index in [1.807, 2.05) is 97.1 Å². The Labute approximate surface area is 364 Å². The Morgan fingerprint density at radius 2 is 0.806 bits per heavy atom. The van der Waals surface area contributed by atoms with Gasteiger partial charge in [0.1, 0.15) is 24.7 Å². The van der Waals surface area contributed by atoms with E-state index in [-0.39, 0.29) is 24.7 Å². The molecule has 0 bridgehead atoms. The number of anilines is 2. The van der Waals surface area contributed by atoms with E-state index in [0.29, 0.717) is 73.1 Å². The SMILES string of the molecule is O=CNc1cc(C(=O)CN(CCCCCCN(CC(=O)c2ccc(OCc3ccccc3)c(NC=O)c2)Cc2ccccc2)Cc2ccccc2)ccc1OCc1ccccc1. The third-order valence-electron chi connectivity index (χ3n) is 10.4. The van der Waals surface area contributed by atoms with Crippen LogP contribution in [0.3, 0.4) is 0 Å². The summed E-state index contributed by atoms with van der Waals surface area (Å²) in [5.74, 6) is 0.888. The fourth-order valence-corrected chi connectivity index (χ4v) is 7.21. The van der Waals surface area contributed by atoms with Crippen LogP contribution in [0.4, 0.5) is 11.4 Å². The molecule has 0 unspecified atom stereocenters. The maximum absolute atomic E-state index is 13.7. The largest absolute Gasteiger partial charge is 0.487 e. The van der Waals surface area contributed by atoms with Gasteiger partial charge in [0.05, 0.1) is 24.5 Å². The van der Waals surface area contributed by atoms with Crippen LogP contribution in [-0.4, -0.2) is 60.4 Å². The summed E-state index contributed by atoms with van der Waals surface area (Å²) < 4.78 is 12.0. The number of nitrogens with one attached hydrogen (secondary N) is 2. The summed E-state index contributed by atoms with van der Waals surface area (Å²) >= 11 is 0. The lowest BCUT2D eigenvalue weighted by atomic mass is 10.1. The molecule has 0 spiro atoms. The number of benzene rings is 6. The number of amides is 2. The molecule has 0 heterocycles. The molecule has 0 fully saturated rings. The number of unbranched alkanes of at least 4 members (excludes halogenated alkanes) is 3. The Bertz CT molecular complexity index is 2140. The molecule has 6 aromatic rings. The van der Waals surface area contributed by atoms with Crippen molar-refractivity contribution in [3.8, 4) is 11.5 Å². The van der Waals surface area contributed by atoms with E-state index in [2.05, 4.69) is 44.7 Å². The number of hydrogen-bond acceptors (Lipinski definition) is 8. The summed E-state index contributed by atoms with van der Waals surface area (Å²) in [5, 5.41) is 5.40. The van der Waals surface area contributed by atoms with Gasteiger partial charge in [-0.2, -0.15) is 0 Å². The number of carbonyl (C=O) groups excluding carboxylic acids is 4. The Morgan fingerprint density at radius 3 is 1.16 bits per heavy atom. The molecule has 0 radical (unpaired) electrons. The molecule has 2 amide bonds. The van der Waals surface area contributed by atoms with Crippen molar-refractivity contribution in [3.05, 3.63) is 191 Å². The van der Waals surface area contributed by atoms with Crippen LogP contribution in [0.25, 0.3) is 0 Å². The molecule has 0 aliphatic heterocycles. The quantitative estimate of drug-likeness (QED) is 0.0300. The Balaban J connectivity index is 1.04. The number of Topliss-reactive ketones (excluding diaryl/α,β-unsaturated/α-hetero) is 2. The number of ketones is 2. The first-order valence-corrected chi connectivity index (χ1v) is 21.1. The van der Waals surface area contributed by atoms with E-state index >= 15 is 0 Å². The van der Waals surface area contributed by atoms with Gasteiger partial charge in [-0.15, -0.1) is 0 Å². The highest BCUT2D eigenvalue weighted by Gasteiger charge is 2.18. The number of carbonyl (C=O) groups is 4. The fraction of sp³-hybridized carbons (Fsp3) is 0.231. The van der Waals surface area contributed by atoms with Crippen molar-refractivity contribution in [3.63, 3.8) is 0 Å². The zero-order valence-corrected chi connectivity index (χ0v) is 35.0. The van der Waals surface area contributed by atoms with Gasteiger partial charge in [0, 0.05) is 24.2 Å². The second-order valence-electron chi connectivity index (χ2n) is 15.1. The third-order valence-corrected chi connectivity index (χ3v) is 10.4. The second kappa shape index (κ2) is 24.4. The average Bonchev–Trinajstić information content (AvgIpc) is 3.30. The van der Waals surface area contributed by atoms with E-state index in [9.17, 15) is 19.2 Å². The highest BCUT2D eigenvalue weighted by atomic mass is 16.5. The predicted molar refractivity (Wildman–Crippen MR) is 244 cm³/mol. The topological polar surface area (TPSA) is 117 Å². The van der Waals surface area contributed by atoms with E-state index in [4.69, 9.17) is 9.47 Å². The molecule has 6 rings (SSSR count). The molecular weight excluding hydrogens is 777 g/mol. The van der Waals surface area contributed by atoms with Crippen LogP contribution in [0.1, 0.15) is 68.7 Å². The van der Waals surface area contributed by atoms with Crippen LogP contribution in [-0.2, 0) is 35.9 Å². The van der Waals surface area contributed by atoms with Crippen LogP contribution in [0.2, 0.25) is 0 Å². The lowest BCUT2D eigenvalue weighted by Crippen LogP contribution is -2.31. The van der Waals surface area contributed by atoms with Crippen LogP contribution >= 0.6 is 0 Å². The van der Waals surface area contributed by atoms with Gasteiger partial charge in [0.25, 0.3) is 0 Å². The molecule has 2 N–H and O–H groups in total. The molecule has 0 saturated carbocycles. The Hall–Kier alpha value is -6.88. The van der Waals surface area contributed by atoms with Gasteiger partial charge in [-0.3, -0.25) is 29.0 Å². The third kappa shape index (κ3) is 14.4. The van der Waals surface area contributed by atoms with E-state index < -0.39 is 0 Å². The molecule has 0 saturated heterocycles. The van der Waals surface area contributed by atoms with Gasteiger partial charge in [-0.1, -0.05) is 134 Å². The summed E-state index contributed by atoms with van der Waals surface area (Å²) in [4.78, 5) is 54.8. The molecule has 0 aliphatic carbocycles. The maximum Gasteiger partial charge on any atom is 0.211 e. The molecule has 0 aromatic heterocycles. The zero-order valence-electron chi connectivity index (χ0n) is 35.0. The molecule has 0 atom stereocenters. The minimum absolute atomic E-state index is 0.0471. The highest BCUT2D eigenvalue weighted by molar-refractivity contribution is 6.00. The molecule has 10 nitrogen and oxygen atoms in total. The lowest BCUT2D eigenvalue weighted by molar-refractivity contribution is -0.106. The van der Waals surface area contributed by atoms with Crippen molar-refractivity contribution in [1.82, 2.24) is 9.80 Å². The van der Waals surface area contributed by atoms with E-state index in [1.54, 1.807) is 36.4 Å². The van der Waals surface area contributed by atoms with Crippen molar-refractivity contribution >= 4 is 35.8 Å². The van der Waals surface area contributed by atoms with Crippen LogP contribution < -0.4 is 20.1 Å². The summed E-state index contributed by atoms with van der Waals surface area (Å²) in [7, 11) is 0. The van der Waals surface area contributed by atoms with Gasteiger partial charge in [0.2, 0.25) is 12.8 Å². The van der Waals surface area contributed by atoms with Crippen molar-refractivity contribution < 1.29 is 28.7 Å². The number of hydrogen-bond donors (Lipinski definition) is 2. The maximum atomic E-state index is 13.7. The van der Waals surface area contributed by atoms with E-state index in [0.717, 1.165) is 61.0 Å². The highest BCUT2D eigenvalue weighted by Crippen LogP contribution is 2.28. The molecular formula is C52H54N4O6. The fourth-order valence-electron chi connectivity index (χ4n) is 7.21. The average molecular weight is 831 g/mol. The first kappa shape index (κ1) is 44.7. The molecule has 318 valence electrons. The monoisotopic (exact) mass is 830 g/mol. The second-order valence-corrected chi connectivity index (χ2v) is 15.1. The first-order valence-electron chi connectivity index (χ1n) is 21.1. The Kier molecular flexibility index (Phi) is 17.6. The lowest BCUT2D eigenvalue weighted by Gasteiger charge is -2.23. The molecule has 62 heavy (non-hydrogen) atoms. The summed E-state index contributed by atoms with van der Waals surface area (Å²) in [6.45, 7) is 3.81. The minimum atomic E-state index is -0.0471. The number of ether oxygens (including phenoxy) is 2. The standard InChI is InChI=1S/C52H54N4O6/c57-39-53-47-31-45(25-27-51(47)61-37-43-21-11-5-12-22-43)49(59)35-55(33-41-17-7-3-8-18-41)29-15-1-2-16-30-56(34-42-19-9-4-10-20-42)36-50(60)46-26-28-52(48(32-46)54-40-58)62-38-44-23-13-6-14-24-44/h3-14,17-28,31-32,39-40H,1-2,15-16,29-30,33-38H2,(H,53,57)(H,54,58). The summed E-state index contributed by atoms with van der Waals surface area (Å²) in [6, 6.07) is 50.1. The first-order chi connectivity index (χ1) is 30.5. The minimum Gasteiger partial charge on any atom is -0.487 e. The van der Waals surface area contributed by atoms with Crippen LogP contribution in [0.5, 0.6) is 11.5 Å². The van der Waals surface area contributed by atoms with Gasteiger partial charge in [0.15, 0.2) is 11.6 Å². The number of nitrogens with zero attached hydrogens (tertiary/aromatic N) is 2. The van der Waals surface area contributed by atoms with Gasteiger partial charge >= 0.3 is 0 Å². The molecule has 10 heteroatoms. The van der Waals surface area contributed by atoms with Crippen LogP contribution in [0, 0.1) is 0 Å². The summed E-state index contributed by atoms with van der Waals surface area (Å²) in [6.07, 6.45) is 4.88. The molecule has 0 aliphatic rings. The van der Waals surface area contributed by atoms with Gasteiger partial charge in [-0.25, -0.2) is 0 Å². The van der Waals surface area contributed by atoms with Crippen molar-refractivity contribution in [2.45, 2.75) is 52.0 Å². The molecule has 6 aromatic carbocycles. The normalized spacial score (nSPS) is 10.9. The zero-order chi connectivity index (χ0) is 43.2. The van der Waals surface area contributed by atoms with E-state index in [1.165, 1.54) is 0 Å².